The molecule has 3 rings (SSSR count). The van der Waals surface area contributed by atoms with Crippen LogP contribution in [0.2, 0.25) is 5.28 Å². The molecule has 12 heteroatoms. The lowest BCUT2D eigenvalue weighted by Gasteiger charge is -2.09. The third-order valence-electron chi connectivity index (χ3n) is 3.40. The lowest BCUT2D eigenvalue weighted by molar-refractivity contribution is 0.601. The van der Waals surface area contributed by atoms with Crippen LogP contribution in [0.1, 0.15) is 0 Å². The number of rotatable bonds is 7. The van der Waals surface area contributed by atoms with Gasteiger partial charge in [-0.15, -0.1) is 11.6 Å². The van der Waals surface area contributed by atoms with Crippen LogP contribution in [0.3, 0.4) is 0 Å². The number of hydrogen-bond acceptors (Lipinski definition) is 7. The van der Waals surface area contributed by atoms with Gasteiger partial charge >= 0.3 is 0 Å². The summed E-state index contributed by atoms with van der Waals surface area (Å²) >= 11 is 11.5. The van der Waals surface area contributed by atoms with Crippen molar-refractivity contribution in [2.24, 2.45) is 10.7 Å². The number of para-hydroxylation sites is 1. The summed E-state index contributed by atoms with van der Waals surface area (Å²) in [4.78, 5) is 15.8. The molecule has 4 N–H and O–H groups in total. The van der Waals surface area contributed by atoms with Crippen LogP contribution in [0.4, 0.5) is 23.3 Å². The standard InChI is InChI=1S/C17H15Cl2N7O2S/c18-10-14(20)21-12-7-4-8-13(9-12)29(27,28)26-17-24-15(19)23-16(25-17)22-11-5-2-1-3-6-11/h1-9H,10H2,(H2,20,21)(H2,22,23,24,25,26). The number of amidine groups is 1. The van der Waals surface area contributed by atoms with Crippen LogP contribution < -0.4 is 15.8 Å². The molecular weight excluding hydrogens is 437 g/mol. The van der Waals surface area contributed by atoms with Gasteiger partial charge in [0.1, 0.15) is 5.84 Å². The Morgan fingerprint density at radius 2 is 1.76 bits per heavy atom. The fourth-order valence-corrected chi connectivity index (χ4v) is 3.40. The first-order valence-corrected chi connectivity index (χ1v) is 10.5. The molecule has 150 valence electrons. The van der Waals surface area contributed by atoms with Crippen LogP contribution >= 0.6 is 23.2 Å². The minimum atomic E-state index is -4.02. The largest absolute Gasteiger partial charge is 0.386 e. The van der Waals surface area contributed by atoms with Gasteiger partial charge in [-0.2, -0.15) is 15.0 Å². The highest BCUT2D eigenvalue weighted by molar-refractivity contribution is 7.92. The summed E-state index contributed by atoms with van der Waals surface area (Å²) in [6.45, 7) is 0. The lowest BCUT2D eigenvalue weighted by atomic mass is 10.3. The average Bonchev–Trinajstić information content (AvgIpc) is 2.68. The summed E-state index contributed by atoms with van der Waals surface area (Å²) in [5.74, 6) is 0.0327. The number of aliphatic imine (C=N–C) groups is 1. The summed E-state index contributed by atoms with van der Waals surface area (Å²) in [6.07, 6.45) is 0. The Bertz CT molecular complexity index is 1140. The Kier molecular flexibility index (Phi) is 6.47. The normalized spacial score (nSPS) is 11.9. The molecule has 0 fully saturated rings. The first-order valence-electron chi connectivity index (χ1n) is 8.11. The summed E-state index contributed by atoms with van der Waals surface area (Å²) in [7, 11) is -4.02. The number of sulfonamides is 1. The summed E-state index contributed by atoms with van der Waals surface area (Å²) < 4.78 is 27.7. The number of nitrogens with two attached hydrogens (primary N) is 1. The van der Waals surface area contributed by atoms with Crippen molar-refractivity contribution in [3.05, 3.63) is 59.9 Å². The van der Waals surface area contributed by atoms with Gasteiger partial charge in [0.05, 0.1) is 16.5 Å². The van der Waals surface area contributed by atoms with E-state index in [0.717, 1.165) is 0 Å². The quantitative estimate of drug-likeness (QED) is 0.284. The molecule has 2 aromatic carbocycles. The van der Waals surface area contributed by atoms with Crippen molar-refractivity contribution in [2.45, 2.75) is 4.90 Å². The van der Waals surface area contributed by atoms with Crippen molar-refractivity contribution < 1.29 is 8.42 Å². The second-order valence-electron chi connectivity index (χ2n) is 5.58. The van der Waals surface area contributed by atoms with Gasteiger partial charge in [0.25, 0.3) is 10.0 Å². The van der Waals surface area contributed by atoms with E-state index in [1.54, 1.807) is 18.2 Å². The first kappa shape index (κ1) is 20.8. The monoisotopic (exact) mass is 451 g/mol. The molecule has 0 aliphatic rings. The maximum absolute atomic E-state index is 12.7. The number of nitrogens with zero attached hydrogens (tertiary/aromatic N) is 4. The molecule has 0 aliphatic carbocycles. The predicted molar refractivity (Wildman–Crippen MR) is 114 cm³/mol. The highest BCUT2D eigenvalue weighted by Gasteiger charge is 2.18. The molecular formula is C17H15Cl2N7O2S. The minimum Gasteiger partial charge on any atom is -0.386 e. The second kappa shape index (κ2) is 9.03. The number of benzene rings is 2. The Morgan fingerprint density at radius 1 is 1.03 bits per heavy atom. The van der Waals surface area contributed by atoms with E-state index in [0.29, 0.717) is 11.4 Å². The first-order chi connectivity index (χ1) is 13.9. The van der Waals surface area contributed by atoms with Crippen molar-refractivity contribution in [3.63, 3.8) is 0 Å². The highest BCUT2D eigenvalue weighted by Crippen LogP contribution is 2.21. The van der Waals surface area contributed by atoms with Crippen molar-refractivity contribution in [3.8, 4) is 0 Å². The molecule has 0 saturated heterocycles. The maximum Gasteiger partial charge on any atom is 0.264 e. The summed E-state index contributed by atoms with van der Waals surface area (Å²) in [5.41, 5.74) is 6.63. The molecule has 0 radical (unpaired) electrons. The number of halogens is 2. The third-order valence-corrected chi connectivity index (χ3v) is 5.17. The minimum absolute atomic E-state index is 0.0236. The Hall–Kier alpha value is -2.95. The van der Waals surface area contributed by atoms with Crippen LogP contribution in [-0.4, -0.2) is 35.1 Å². The SMILES string of the molecule is NC(CCl)=Nc1cccc(S(=O)(=O)Nc2nc(Cl)nc(Nc3ccccc3)n2)c1. The predicted octanol–water partition coefficient (Wildman–Crippen LogP) is 3.30. The van der Waals surface area contributed by atoms with Gasteiger partial charge in [-0.25, -0.2) is 18.1 Å². The van der Waals surface area contributed by atoms with Crippen LogP contribution in [-0.2, 0) is 10.0 Å². The van der Waals surface area contributed by atoms with Gasteiger partial charge in [0, 0.05) is 5.69 Å². The number of anilines is 3. The number of alkyl halides is 1. The van der Waals surface area contributed by atoms with E-state index in [4.69, 9.17) is 28.9 Å². The summed E-state index contributed by atoms with van der Waals surface area (Å²) in [5, 5.41) is 2.75. The number of aromatic nitrogens is 3. The lowest BCUT2D eigenvalue weighted by Crippen LogP contribution is -2.16. The van der Waals surface area contributed by atoms with E-state index >= 15 is 0 Å². The van der Waals surface area contributed by atoms with Crippen LogP contribution in [0.15, 0.2) is 64.5 Å². The molecule has 0 bridgehead atoms. The summed E-state index contributed by atoms with van der Waals surface area (Å²) in [6, 6.07) is 14.9. The molecule has 3 aromatic rings. The Balaban J connectivity index is 1.86. The maximum atomic E-state index is 12.7. The fraction of sp³-hybridized carbons (Fsp3) is 0.0588. The molecule has 0 aliphatic heterocycles. The van der Waals surface area contributed by atoms with Gasteiger partial charge in [0.2, 0.25) is 17.2 Å². The van der Waals surface area contributed by atoms with Crippen molar-refractivity contribution in [1.29, 1.82) is 0 Å². The van der Waals surface area contributed by atoms with Crippen molar-refractivity contribution in [2.75, 3.05) is 15.9 Å². The molecule has 29 heavy (non-hydrogen) atoms. The van der Waals surface area contributed by atoms with Gasteiger partial charge in [-0.05, 0) is 41.9 Å². The van der Waals surface area contributed by atoms with Gasteiger partial charge in [-0.3, -0.25) is 0 Å². The number of hydrogen-bond donors (Lipinski definition) is 3. The van der Waals surface area contributed by atoms with Crippen LogP contribution in [0.5, 0.6) is 0 Å². The topological polar surface area (TPSA) is 135 Å². The second-order valence-corrected chi connectivity index (χ2v) is 7.87. The van der Waals surface area contributed by atoms with E-state index in [-0.39, 0.29) is 33.8 Å². The zero-order valence-corrected chi connectivity index (χ0v) is 17.1. The highest BCUT2D eigenvalue weighted by atomic mass is 35.5. The third kappa shape index (κ3) is 5.76. The van der Waals surface area contributed by atoms with E-state index in [9.17, 15) is 8.42 Å². The van der Waals surface area contributed by atoms with Crippen LogP contribution in [0.25, 0.3) is 0 Å². The zero-order chi connectivity index (χ0) is 20.9. The molecule has 0 amide bonds. The van der Waals surface area contributed by atoms with Gasteiger partial charge < -0.3 is 11.1 Å². The van der Waals surface area contributed by atoms with Crippen molar-refractivity contribution >= 4 is 62.3 Å². The number of nitrogens with one attached hydrogen (secondary N) is 2. The van der Waals surface area contributed by atoms with E-state index in [1.165, 1.54) is 18.2 Å². The molecule has 0 atom stereocenters. The van der Waals surface area contributed by atoms with Crippen LogP contribution in [0, 0.1) is 0 Å². The molecule has 9 nitrogen and oxygen atoms in total. The molecule has 1 aromatic heterocycles. The molecule has 0 spiro atoms. The van der Waals surface area contributed by atoms with Gasteiger partial charge in [0.15, 0.2) is 0 Å². The van der Waals surface area contributed by atoms with Crippen molar-refractivity contribution in [1.82, 2.24) is 15.0 Å². The Morgan fingerprint density at radius 3 is 2.48 bits per heavy atom. The molecule has 0 unspecified atom stereocenters. The van der Waals surface area contributed by atoms with E-state index < -0.39 is 10.0 Å². The molecule has 0 saturated carbocycles. The van der Waals surface area contributed by atoms with E-state index in [2.05, 4.69) is 30.0 Å². The fourth-order valence-electron chi connectivity index (χ4n) is 2.20. The zero-order valence-electron chi connectivity index (χ0n) is 14.8. The average molecular weight is 452 g/mol. The molecule has 1 heterocycles. The Labute approximate surface area is 177 Å². The van der Waals surface area contributed by atoms with Gasteiger partial charge in [-0.1, -0.05) is 24.3 Å². The van der Waals surface area contributed by atoms with E-state index in [1.807, 2.05) is 18.2 Å². The smallest absolute Gasteiger partial charge is 0.264 e.